The number of halogens is 1. The molecule has 8 heteroatoms. The second-order valence-corrected chi connectivity index (χ2v) is 6.99. The molecule has 3 rings (SSSR count). The average molecular weight is 444 g/mol. The summed E-state index contributed by atoms with van der Waals surface area (Å²) < 4.78 is 20.7. The Morgan fingerprint density at radius 2 is 1.58 bits per heavy atom. The van der Waals surface area contributed by atoms with Gasteiger partial charge in [0.05, 0.1) is 50.3 Å². The van der Waals surface area contributed by atoms with E-state index in [0.717, 1.165) is 0 Å². The van der Waals surface area contributed by atoms with Crippen LogP contribution in [0.15, 0.2) is 53.2 Å². The monoisotopic (exact) mass is 443 g/mol. The number of esters is 1. The molecular weight excluding hydrogens is 422 g/mol. The molecule has 31 heavy (non-hydrogen) atoms. The zero-order chi connectivity index (χ0) is 22.7. The first-order valence-corrected chi connectivity index (χ1v) is 9.65. The predicted octanol–water partition coefficient (Wildman–Crippen LogP) is 4.24. The molecule has 0 fully saturated rings. The van der Waals surface area contributed by atoms with E-state index in [9.17, 15) is 9.59 Å². The van der Waals surface area contributed by atoms with E-state index in [-0.39, 0.29) is 17.1 Å². The average Bonchev–Trinajstić information content (AvgIpc) is 3.02. The Labute approximate surface area is 185 Å². The van der Waals surface area contributed by atoms with Gasteiger partial charge in [0.1, 0.15) is 5.75 Å². The van der Waals surface area contributed by atoms with Crippen molar-refractivity contribution in [3.63, 3.8) is 0 Å². The van der Waals surface area contributed by atoms with Crippen LogP contribution >= 0.6 is 11.6 Å². The first-order valence-electron chi connectivity index (χ1n) is 9.27. The van der Waals surface area contributed by atoms with Gasteiger partial charge in [-0.3, -0.25) is 9.69 Å². The zero-order valence-corrected chi connectivity index (χ0v) is 18.6. The minimum absolute atomic E-state index is 0.175. The Bertz CT molecular complexity index is 1110. The molecule has 0 bridgehead atoms. The zero-order valence-electron chi connectivity index (χ0n) is 17.8. The van der Waals surface area contributed by atoms with Gasteiger partial charge >= 0.3 is 5.97 Å². The van der Waals surface area contributed by atoms with Crippen molar-refractivity contribution in [1.82, 2.24) is 0 Å². The number of nitrogens with zero attached hydrogens (tertiary/aromatic N) is 1. The second kappa shape index (κ2) is 9.14. The van der Waals surface area contributed by atoms with Gasteiger partial charge in [-0.1, -0.05) is 17.7 Å². The quantitative estimate of drug-likeness (QED) is 0.491. The lowest BCUT2D eigenvalue weighted by atomic mass is 10.0. The molecule has 7 nitrogen and oxygen atoms in total. The van der Waals surface area contributed by atoms with Gasteiger partial charge in [-0.05, 0) is 48.9 Å². The van der Waals surface area contributed by atoms with Crippen LogP contribution in [0.1, 0.15) is 12.5 Å². The maximum absolute atomic E-state index is 13.4. The van der Waals surface area contributed by atoms with Crippen LogP contribution in [-0.2, 0) is 14.3 Å². The molecule has 0 aromatic heterocycles. The van der Waals surface area contributed by atoms with Crippen molar-refractivity contribution in [3.8, 4) is 17.2 Å². The molecule has 2 aromatic carbocycles. The maximum atomic E-state index is 13.4. The van der Waals surface area contributed by atoms with Gasteiger partial charge in [0.25, 0.3) is 5.91 Å². The van der Waals surface area contributed by atoms with Crippen molar-refractivity contribution < 1.29 is 28.5 Å². The van der Waals surface area contributed by atoms with Crippen molar-refractivity contribution in [1.29, 1.82) is 0 Å². The van der Waals surface area contributed by atoms with Crippen LogP contribution in [0.5, 0.6) is 17.2 Å². The van der Waals surface area contributed by atoms with E-state index in [1.54, 1.807) is 49.4 Å². The van der Waals surface area contributed by atoms with Gasteiger partial charge in [0.15, 0.2) is 11.5 Å². The number of hydrogen-bond acceptors (Lipinski definition) is 6. The van der Waals surface area contributed by atoms with Gasteiger partial charge in [-0.15, -0.1) is 0 Å². The Morgan fingerprint density at radius 1 is 0.935 bits per heavy atom. The molecule has 2 aromatic rings. The first-order chi connectivity index (χ1) is 14.9. The molecule has 0 saturated heterocycles. The number of anilines is 1. The van der Waals surface area contributed by atoms with Crippen LogP contribution < -0.4 is 19.1 Å². The highest BCUT2D eigenvalue weighted by molar-refractivity contribution is 6.32. The molecule has 0 unspecified atom stereocenters. The minimum atomic E-state index is -0.611. The smallest absolute Gasteiger partial charge is 0.340 e. The summed E-state index contributed by atoms with van der Waals surface area (Å²) in [5.41, 5.74) is 1.97. The van der Waals surface area contributed by atoms with Crippen molar-refractivity contribution >= 4 is 35.2 Å². The number of carbonyl (C=O) groups is 2. The highest BCUT2D eigenvalue weighted by Crippen LogP contribution is 2.38. The lowest BCUT2D eigenvalue weighted by molar-refractivity contribution is -0.136. The molecule has 162 valence electrons. The normalized spacial score (nSPS) is 14.8. The number of amides is 1. The summed E-state index contributed by atoms with van der Waals surface area (Å²) in [5.74, 6) is 0.541. The van der Waals surface area contributed by atoms with E-state index in [1.165, 1.54) is 33.3 Å². The number of benzene rings is 2. The fourth-order valence-corrected chi connectivity index (χ4v) is 3.65. The Kier molecular flexibility index (Phi) is 6.56. The SMILES string of the molecule is COC(=O)C1=C(C)N(c2ccc(OC)c(Cl)c2)C(=O)/C1=C\c1ccc(OC)c(OC)c1. The number of hydrogen-bond donors (Lipinski definition) is 0. The summed E-state index contributed by atoms with van der Waals surface area (Å²) >= 11 is 6.25. The standard InChI is InChI=1S/C23H22ClNO6/c1-13-21(23(27)31-5)16(10-14-6-8-19(29-3)20(11-14)30-4)22(26)25(13)15-7-9-18(28-2)17(24)12-15/h6-12H,1-5H3/b16-10-. The van der Waals surface area contributed by atoms with Crippen LogP contribution in [0.4, 0.5) is 5.69 Å². The Morgan fingerprint density at radius 3 is 2.16 bits per heavy atom. The van der Waals surface area contributed by atoms with Crippen LogP contribution in [0.3, 0.4) is 0 Å². The van der Waals surface area contributed by atoms with E-state index in [4.69, 9.17) is 30.5 Å². The molecule has 0 aliphatic carbocycles. The number of carbonyl (C=O) groups excluding carboxylic acids is 2. The van der Waals surface area contributed by atoms with Crippen LogP contribution in [0, 0.1) is 0 Å². The van der Waals surface area contributed by atoms with Gasteiger partial charge in [0, 0.05) is 5.70 Å². The van der Waals surface area contributed by atoms with Gasteiger partial charge in [-0.2, -0.15) is 0 Å². The summed E-state index contributed by atoms with van der Waals surface area (Å²) in [6, 6.07) is 10.2. The van der Waals surface area contributed by atoms with Gasteiger partial charge in [-0.25, -0.2) is 4.79 Å². The van der Waals surface area contributed by atoms with Crippen molar-refractivity contribution in [3.05, 3.63) is 63.8 Å². The molecule has 1 aliphatic heterocycles. The van der Waals surface area contributed by atoms with Gasteiger partial charge in [0.2, 0.25) is 0 Å². The highest BCUT2D eigenvalue weighted by Gasteiger charge is 2.38. The first kappa shape index (κ1) is 22.2. The largest absolute Gasteiger partial charge is 0.495 e. The molecule has 1 heterocycles. The molecule has 0 radical (unpaired) electrons. The van der Waals surface area contributed by atoms with Crippen LogP contribution in [0.2, 0.25) is 5.02 Å². The molecule has 0 saturated carbocycles. The van der Waals surface area contributed by atoms with Crippen molar-refractivity contribution in [2.24, 2.45) is 0 Å². The summed E-state index contributed by atoms with van der Waals surface area (Å²) in [6.07, 6.45) is 1.62. The second-order valence-electron chi connectivity index (χ2n) is 6.58. The lowest BCUT2D eigenvalue weighted by Gasteiger charge is -2.19. The predicted molar refractivity (Wildman–Crippen MR) is 118 cm³/mol. The van der Waals surface area contributed by atoms with E-state index in [2.05, 4.69) is 0 Å². The topological polar surface area (TPSA) is 74.3 Å². The third kappa shape index (κ3) is 4.09. The molecule has 0 N–H and O–H groups in total. The van der Waals surface area contributed by atoms with Crippen LogP contribution in [-0.4, -0.2) is 40.3 Å². The van der Waals surface area contributed by atoms with E-state index < -0.39 is 5.97 Å². The highest BCUT2D eigenvalue weighted by atomic mass is 35.5. The summed E-state index contributed by atoms with van der Waals surface area (Å²) in [7, 11) is 5.84. The number of methoxy groups -OCH3 is 4. The Balaban J connectivity index is 2.13. The van der Waals surface area contributed by atoms with Crippen molar-refractivity contribution in [2.75, 3.05) is 33.3 Å². The summed E-state index contributed by atoms with van der Waals surface area (Å²) in [6.45, 7) is 1.68. The number of ether oxygens (including phenoxy) is 4. The fourth-order valence-electron chi connectivity index (χ4n) is 3.39. The van der Waals surface area contributed by atoms with E-state index >= 15 is 0 Å². The van der Waals surface area contributed by atoms with Crippen LogP contribution in [0.25, 0.3) is 6.08 Å². The number of rotatable bonds is 6. The Hall–Kier alpha value is -3.45. The van der Waals surface area contributed by atoms with E-state index in [0.29, 0.717) is 39.2 Å². The number of allylic oxidation sites excluding steroid dienone is 1. The molecule has 1 aliphatic rings. The van der Waals surface area contributed by atoms with E-state index in [1.807, 2.05) is 0 Å². The lowest BCUT2D eigenvalue weighted by Crippen LogP contribution is -2.24. The third-order valence-corrected chi connectivity index (χ3v) is 5.20. The molecule has 0 spiro atoms. The minimum Gasteiger partial charge on any atom is -0.495 e. The third-order valence-electron chi connectivity index (χ3n) is 4.90. The van der Waals surface area contributed by atoms with Gasteiger partial charge < -0.3 is 18.9 Å². The summed E-state index contributed by atoms with van der Waals surface area (Å²) in [4.78, 5) is 27.3. The maximum Gasteiger partial charge on any atom is 0.340 e. The fraction of sp³-hybridized carbons (Fsp3) is 0.217. The summed E-state index contributed by atoms with van der Waals surface area (Å²) in [5, 5.41) is 0.345. The molecule has 0 atom stereocenters. The van der Waals surface area contributed by atoms with Crippen molar-refractivity contribution in [2.45, 2.75) is 6.92 Å². The molecular formula is C23H22ClNO6. The molecule has 1 amide bonds.